The van der Waals surface area contributed by atoms with Crippen molar-refractivity contribution in [3.8, 4) is 11.5 Å². The number of aromatic nitrogens is 4. The molecule has 0 bridgehead atoms. The Hall–Kier alpha value is -4.52. The zero-order valence-electron chi connectivity index (χ0n) is 18.3. The number of hydrogen-bond donors (Lipinski definition) is 2. The maximum Gasteiger partial charge on any atom is 0.231 e. The van der Waals surface area contributed by atoms with Gasteiger partial charge in [-0.3, -0.25) is 0 Å². The number of rotatable bonds is 6. The molecule has 2 N–H and O–H groups in total. The number of nitrogens with zero attached hydrogens (tertiary/aromatic N) is 4. The first-order valence-electron chi connectivity index (χ1n) is 10.6. The molecule has 0 spiro atoms. The fourth-order valence-corrected chi connectivity index (χ4v) is 3.36. The molecule has 3 aromatic carbocycles. The summed E-state index contributed by atoms with van der Waals surface area (Å²) < 4.78 is 5.86. The third-order valence-corrected chi connectivity index (χ3v) is 5.07. The third-order valence-electron chi connectivity index (χ3n) is 5.07. The van der Waals surface area contributed by atoms with Gasteiger partial charge >= 0.3 is 0 Å². The first-order chi connectivity index (χ1) is 16.1. The van der Waals surface area contributed by atoms with Crippen LogP contribution in [0, 0.1) is 13.8 Å². The fraction of sp³-hybridized carbons (Fsp3) is 0.0769. The molecule has 0 saturated heterocycles. The van der Waals surface area contributed by atoms with Crippen LogP contribution in [0.3, 0.4) is 0 Å². The monoisotopic (exact) mass is 434 g/mol. The van der Waals surface area contributed by atoms with Crippen molar-refractivity contribution in [2.75, 3.05) is 10.6 Å². The Labute approximate surface area is 191 Å². The molecule has 2 heterocycles. The molecule has 33 heavy (non-hydrogen) atoms. The van der Waals surface area contributed by atoms with E-state index in [1.807, 2.05) is 54.6 Å². The number of ether oxygens (including phenoxy) is 1. The van der Waals surface area contributed by atoms with E-state index < -0.39 is 0 Å². The average molecular weight is 435 g/mol. The zero-order valence-corrected chi connectivity index (χ0v) is 18.3. The molecular formula is C26H22N6O. The van der Waals surface area contributed by atoms with Crippen LogP contribution in [0.15, 0.2) is 85.2 Å². The predicted molar refractivity (Wildman–Crippen MR) is 131 cm³/mol. The standard InChI is InChI=1S/C26H22N6O/c1-17-8-9-18(2)22(16-17)30-25-23-24(28-15-14-27-23)31-26(32-25)29-19-10-12-21(13-11-19)33-20-6-4-3-5-7-20/h3-16H,1-2H3,(H2,28,29,30,31,32). The van der Waals surface area contributed by atoms with Crippen molar-refractivity contribution in [2.24, 2.45) is 0 Å². The normalized spacial score (nSPS) is 10.7. The summed E-state index contributed by atoms with van der Waals surface area (Å²) in [5.74, 6) is 2.55. The minimum absolute atomic E-state index is 0.424. The minimum Gasteiger partial charge on any atom is -0.457 e. The summed E-state index contributed by atoms with van der Waals surface area (Å²) in [6.45, 7) is 4.11. The lowest BCUT2D eigenvalue weighted by Gasteiger charge is -2.13. The molecular weight excluding hydrogens is 412 g/mol. The second kappa shape index (κ2) is 8.92. The molecule has 0 aliphatic heterocycles. The molecule has 7 heteroatoms. The number of benzene rings is 3. The van der Waals surface area contributed by atoms with Gasteiger partial charge in [0.15, 0.2) is 17.0 Å². The van der Waals surface area contributed by atoms with Gasteiger partial charge in [-0.1, -0.05) is 30.3 Å². The second-order valence-corrected chi connectivity index (χ2v) is 7.63. The summed E-state index contributed by atoms with van der Waals surface area (Å²) in [7, 11) is 0. The van der Waals surface area contributed by atoms with Gasteiger partial charge in [0.25, 0.3) is 0 Å². The van der Waals surface area contributed by atoms with Crippen molar-refractivity contribution in [2.45, 2.75) is 13.8 Å². The molecule has 0 atom stereocenters. The van der Waals surface area contributed by atoms with Gasteiger partial charge in [0.1, 0.15) is 11.5 Å². The van der Waals surface area contributed by atoms with Crippen LogP contribution < -0.4 is 15.4 Å². The Bertz CT molecular complexity index is 1400. The summed E-state index contributed by atoms with van der Waals surface area (Å²) >= 11 is 0. The van der Waals surface area contributed by atoms with Gasteiger partial charge in [0.2, 0.25) is 5.95 Å². The highest BCUT2D eigenvalue weighted by Gasteiger charge is 2.12. The van der Waals surface area contributed by atoms with E-state index in [0.717, 1.165) is 34.0 Å². The number of fused-ring (bicyclic) bond motifs is 1. The van der Waals surface area contributed by atoms with Crippen molar-refractivity contribution in [3.05, 3.63) is 96.3 Å². The molecule has 0 saturated carbocycles. The van der Waals surface area contributed by atoms with Gasteiger partial charge in [-0.15, -0.1) is 0 Å². The highest BCUT2D eigenvalue weighted by atomic mass is 16.5. The molecule has 0 radical (unpaired) electrons. The van der Waals surface area contributed by atoms with Crippen LogP contribution in [-0.2, 0) is 0 Å². The summed E-state index contributed by atoms with van der Waals surface area (Å²) in [5.41, 5.74) is 5.18. The summed E-state index contributed by atoms with van der Waals surface area (Å²) in [4.78, 5) is 18.0. The van der Waals surface area contributed by atoms with E-state index >= 15 is 0 Å². The number of nitrogens with one attached hydrogen (secondary N) is 2. The molecule has 0 unspecified atom stereocenters. The quantitative estimate of drug-likeness (QED) is 0.324. The van der Waals surface area contributed by atoms with E-state index in [9.17, 15) is 0 Å². The van der Waals surface area contributed by atoms with Crippen molar-refractivity contribution in [3.63, 3.8) is 0 Å². The van der Waals surface area contributed by atoms with Crippen molar-refractivity contribution < 1.29 is 4.74 Å². The van der Waals surface area contributed by atoms with Crippen molar-refractivity contribution in [1.82, 2.24) is 19.9 Å². The SMILES string of the molecule is Cc1ccc(C)c(Nc2nc(Nc3ccc(Oc4ccccc4)cc3)nc3nccnc23)c1. The Balaban J connectivity index is 1.42. The lowest BCUT2D eigenvalue weighted by Crippen LogP contribution is -2.05. The van der Waals surface area contributed by atoms with Gasteiger partial charge in [-0.2, -0.15) is 9.97 Å². The second-order valence-electron chi connectivity index (χ2n) is 7.63. The van der Waals surface area contributed by atoms with E-state index in [0.29, 0.717) is 22.9 Å². The molecule has 2 aromatic heterocycles. The maximum absolute atomic E-state index is 5.86. The Kier molecular flexibility index (Phi) is 5.51. The van der Waals surface area contributed by atoms with E-state index in [1.165, 1.54) is 0 Å². The van der Waals surface area contributed by atoms with Crippen LogP contribution >= 0.6 is 0 Å². The van der Waals surface area contributed by atoms with E-state index in [4.69, 9.17) is 4.74 Å². The number of anilines is 4. The van der Waals surface area contributed by atoms with Gasteiger partial charge < -0.3 is 15.4 Å². The highest BCUT2D eigenvalue weighted by molar-refractivity contribution is 5.86. The lowest BCUT2D eigenvalue weighted by molar-refractivity contribution is 0.483. The largest absolute Gasteiger partial charge is 0.457 e. The van der Waals surface area contributed by atoms with Crippen LogP contribution in [0.2, 0.25) is 0 Å². The Morgan fingerprint density at radius 3 is 2.30 bits per heavy atom. The Morgan fingerprint density at radius 2 is 1.48 bits per heavy atom. The number of aryl methyl sites for hydroxylation is 2. The van der Waals surface area contributed by atoms with E-state index in [2.05, 4.69) is 62.6 Å². The van der Waals surface area contributed by atoms with Crippen molar-refractivity contribution in [1.29, 1.82) is 0 Å². The van der Waals surface area contributed by atoms with E-state index in [1.54, 1.807) is 12.4 Å². The van der Waals surface area contributed by atoms with Crippen LogP contribution in [0.25, 0.3) is 11.2 Å². The number of hydrogen-bond acceptors (Lipinski definition) is 7. The highest BCUT2D eigenvalue weighted by Crippen LogP contribution is 2.27. The summed E-state index contributed by atoms with van der Waals surface area (Å²) in [6, 6.07) is 23.5. The topological polar surface area (TPSA) is 84.9 Å². The van der Waals surface area contributed by atoms with E-state index in [-0.39, 0.29) is 0 Å². The molecule has 0 aliphatic carbocycles. The predicted octanol–water partition coefficient (Wildman–Crippen LogP) is 6.32. The van der Waals surface area contributed by atoms with Gasteiger partial charge in [0, 0.05) is 23.8 Å². The molecule has 0 amide bonds. The van der Waals surface area contributed by atoms with Crippen LogP contribution in [0.4, 0.5) is 23.1 Å². The lowest BCUT2D eigenvalue weighted by atomic mass is 10.1. The van der Waals surface area contributed by atoms with Gasteiger partial charge in [-0.25, -0.2) is 9.97 Å². The smallest absolute Gasteiger partial charge is 0.231 e. The summed E-state index contributed by atoms with van der Waals surface area (Å²) in [5, 5.41) is 6.66. The summed E-state index contributed by atoms with van der Waals surface area (Å²) in [6.07, 6.45) is 3.26. The molecule has 5 rings (SSSR count). The third kappa shape index (κ3) is 4.72. The Morgan fingerprint density at radius 1 is 0.727 bits per heavy atom. The molecule has 0 aliphatic rings. The molecule has 0 fully saturated rings. The first kappa shape index (κ1) is 20.4. The molecule has 7 nitrogen and oxygen atoms in total. The van der Waals surface area contributed by atoms with Gasteiger partial charge in [-0.05, 0) is 67.4 Å². The minimum atomic E-state index is 0.424. The van der Waals surface area contributed by atoms with Crippen molar-refractivity contribution >= 4 is 34.3 Å². The number of para-hydroxylation sites is 1. The average Bonchev–Trinajstić information content (AvgIpc) is 2.83. The first-order valence-corrected chi connectivity index (χ1v) is 10.6. The molecule has 162 valence electrons. The fourth-order valence-electron chi connectivity index (χ4n) is 3.36. The maximum atomic E-state index is 5.86. The van der Waals surface area contributed by atoms with Gasteiger partial charge in [0.05, 0.1) is 0 Å². The zero-order chi connectivity index (χ0) is 22.6. The molecule has 5 aromatic rings. The van der Waals surface area contributed by atoms with Crippen LogP contribution in [-0.4, -0.2) is 19.9 Å². The van der Waals surface area contributed by atoms with Crippen LogP contribution in [0.1, 0.15) is 11.1 Å². The van der Waals surface area contributed by atoms with Crippen LogP contribution in [0.5, 0.6) is 11.5 Å².